The van der Waals surface area contributed by atoms with Crippen LogP contribution in [-0.2, 0) is 0 Å². The topological polar surface area (TPSA) is 63.8 Å². The monoisotopic (exact) mass is 262 g/mol. The van der Waals surface area contributed by atoms with E-state index in [9.17, 15) is 9.90 Å². The van der Waals surface area contributed by atoms with Crippen molar-refractivity contribution in [3.63, 3.8) is 0 Å². The van der Waals surface area contributed by atoms with E-state index in [1.165, 1.54) is 15.7 Å². The highest BCUT2D eigenvalue weighted by Crippen LogP contribution is 2.28. The smallest absolute Gasteiger partial charge is 0.262 e. The van der Waals surface area contributed by atoms with Crippen molar-refractivity contribution in [2.75, 3.05) is 6.61 Å². The summed E-state index contributed by atoms with van der Waals surface area (Å²) in [7, 11) is 0. The molecule has 6 heteroatoms. The Hall–Kier alpha value is -2.08. The third-order valence-electron chi connectivity index (χ3n) is 2.56. The number of nitrogens with zero attached hydrogens (tertiary/aromatic N) is 2. The summed E-state index contributed by atoms with van der Waals surface area (Å²) in [5.74, 6) is 0.505. The van der Waals surface area contributed by atoms with Crippen LogP contribution in [0.4, 0.5) is 0 Å². The molecule has 0 radical (unpaired) electrons. The Balaban J connectivity index is 2.36. The molecule has 3 aromatic rings. The molecule has 0 saturated carbocycles. The number of thiazole rings is 1. The predicted octanol–water partition coefficient (Wildman–Crippen LogP) is 2.01. The molecule has 0 aliphatic rings. The molecule has 0 fully saturated rings. The molecule has 2 heterocycles. The first-order valence-electron chi connectivity index (χ1n) is 5.47. The number of aromatic nitrogens is 2. The summed E-state index contributed by atoms with van der Waals surface area (Å²) >= 11 is 1.34. The average Bonchev–Trinajstić information content (AvgIpc) is 2.66. The third kappa shape index (κ3) is 1.62. The Bertz CT molecular complexity index is 791. The van der Waals surface area contributed by atoms with Crippen molar-refractivity contribution in [3.8, 4) is 11.6 Å². The number of hydrogen-bond acceptors (Lipinski definition) is 5. The van der Waals surface area contributed by atoms with Crippen LogP contribution >= 0.6 is 11.3 Å². The number of aromatic hydroxyl groups is 1. The zero-order valence-electron chi connectivity index (χ0n) is 9.58. The Morgan fingerprint density at radius 3 is 3.06 bits per heavy atom. The van der Waals surface area contributed by atoms with E-state index in [0.29, 0.717) is 11.6 Å². The largest absolute Gasteiger partial charge is 0.494 e. The van der Waals surface area contributed by atoms with E-state index in [1.807, 2.05) is 25.1 Å². The maximum absolute atomic E-state index is 11.8. The van der Waals surface area contributed by atoms with Crippen LogP contribution in [0.1, 0.15) is 6.92 Å². The lowest BCUT2D eigenvalue weighted by Crippen LogP contribution is -2.10. The summed E-state index contributed by atoms with van der Waals surface area (Å²) in [4.78, 5) is 16.2. The lowest BCUT2D eigenvalue weighted by atomic mass is 10.3. The Kier molecular flexibility index (Phi) is 2.45. The van der Waals surface area contributed by atoms with Gasteiger partial charge in [0.25, 0.3) is 5.56 Å². The van der Waals surface area contributed by atoms with Gasteiger partial charge in [0.2, 0.25) is 10.8 Å². The second-order valence-electron chi connectivity index (χ2n) is 3.74. The number of hydrogen-bond donors (Lipinski definition) is 1. The summed E-state index contributed by atoms with van der Waals surface area (Å²) in [6.45, 7) is 2.51. The van der Waals surface area contributed by atoms with Crippen LogP contribution in [0.25, 0.3) is 15.2 Å². The molecular formula is C12H10N2O3S. The van der Waals surface area contributed by atoms with Crippen molar-refractivity contribution in [1.82, 2.24) is 9.38 Å². The van der Waals surface area contributed by atoms with Gasteiger partial charge in [-0.15, -0.1) is 0 Å². The molecule has 0 unspecified atom stereocenters. The van der Waals surface area contributed by atoms with Gasteiger partial charge in [0.05, 0.1) is 22.9 Å². The number of rotatable bonds is 2. The summed E-state index contributed by atoms with van der Waals surface area (Å²) in [6.07, 6.45) is 0. The van der Waals surface area contributed by atoms with Gasteiger partial charge in [-0.25, -0.2) is 0 Å². The zero-order chi connectivity index (χ0) is 12.7. The first kappa shape index (κ1) is 11.0. The molecule has 1 N–H and O–H groups in total. The van der Waals surface area contributed by atoms with Crippen LogP contribution in [0.2, 0.25) is 0 Å². The van der Waals surface area contributed by atoms with E-state index in [-0.39, 0.29) is 11.4 Å². The first-order chi connectivity index (χ1) is 8.69. The fraction of sp³-hybridized carbons (Fsp3) is 0.167. The summed E-state index contributed by atoms with van der Waals surface area (Å²) in [6, 6.07) is 6.62. The van der Waals surface area contributed by atoms with E-state index in [2.05, 4.69) is 4.98 Å². The van der Waals surface area contributed by atoms with Gasteiger partial charge in [0.1, 0.15) is 5.75 Å². The van der Waals surface area contributed by atoms with Crippen molar-refractivity contribution in [2.45, 2.75) is 6.92 Å². The molecule has 3 rings (SSSR count). The molecule has 2 aromatic heterocycles. The molecule has 92 valence electrons. The molecular weight excluding hydrogens is 252 g/mol. The Labute approximate surface area is 106 Å². The summed E-state index contributed by atoms with van der Waals surface area (Å²) in [5, 5.41) is 9.33. The fourth-order valence-corrected chi connectivity index (χ4v) is 2.91. The van der Waals surface area contributed by atoms with Crippen molar-refractivity contribution in [1.29, 1.82) is 0 Å². The predicted molar refractivity (Wildman–Crippen MR) is 69.7 cm³/mol. The molecule has 0 bridgehead atoms. The maximum atomic E-state index is 11.8. The van der Waals surface area contributed by atoms with Crippen molar-refractivity contribution in [3.05, 3.63) is 34.6 Å². The third-order valence-corrected chi connectivity index (χ3v) is 3.56. The van der Waals surface area contributed by atoms with Gasteiger partial charge in [0, 0.05) is 0 Å². The molecule has 1 aromatic carbocycles. The minimum Gasteiger partial charge on any atom is -0.494 e. The highest BCUT2D eigenvalue weighted by Gasteiger charge is 2.09. The van der Waals surface area contributed by atoms with Crippen LogP contribution in [0.5, 0.6) is 11.6 Å². The lowest BCUT2D eigenvalue weighted by molar-refractivity contribution is 0.341. The molecule has 0 amide bonds. The van der Waals surface area contributed by atoms with Gasteiger partial charge in [-0.05, 0) is 25.1 Å². The minimum absolute atomic E-state index is 0.253. The van der Waals surface area contributed by atoms with Crippen LogP contribution in [-0.4, -0.2) is 21.1 Å². The van der Waals surface area contributed by atoms with Gasteiger partial charge < -0.3 is 9.84 Å². The average molecular weight is 262 g/mol. The van der Waals surface area contributed by atoms with Crippen molar-refractivity contribution < 1.29 is 9.84 Å². The van der Waals surface area contributed by atoms with Crippen LogP contribution in [0, 0.1) is 0 Å². The number of benzene rings is 1. The molecule has 0 aliphatic heterocycles. The summed E-state index contributed by atoms with van der Waals surface area (Å²) in [5.41, 5.74) is 0.490. The van der Waals surface area contributed by atoms with Crippen molar-refractivity contribution >= 4 is 26.5 Å². The number of ether oxygens (including phenoxy) is 1. The number of fused-ring (bicyclic) bond motifs is 3. The SMILES string of the molecule is CCOc1ccc2c(c1)sc1nc(O)cc(=O)n12. The van der Waals surface area contributed by atoms with Gasteiger partial charge in [-0.2, -0.15) is 4.98 Å². The fourth-order valence-electron chi connectivity index (χ4n) is 1.86. The maximum Gasteiger partial charge on any atom is 0.262 e. The highest BCUT2D eigenvalue weighted by molar-refractivity contribution is 7.23. The van der Waals surface area contributed by atoms with Crippen LogP contribution in [0.15, 0.2) is 29.1 Å². The van der Waals surface area contributed by atoms with Gasteiger partial charge in [-0.1, -0.05) is 11.3 Å². The first-order valence-corrected chi connectivity index (χ1v) is 6.29. The highest BCUT2D eigenvalue weighted by atomic mass is 32.1. The minimum atomic E-state index is -0.284. The molecule has 0 aliphatic carbocycles. The van der Waals surface area contributed by atoms with Gasteiger partial charge in [0.15, 0.2) is 0 Å². The second-order valence-corrected chi connectivity index (χ2v) is 4.74. The zero-order valence-corrected chi connectivity index (χ0v) is 10.4. The standard InChI is InChI=1S/C12H10N2O3S/c1-2-17-7-3-4-8-9(5-7)18-12-13-10(15)6-11(16)14(8)12/h3-6,15H,2H2,1H3. The lowest BCUT2D eigenvalue weighted by Gasteiger charge is -2.01. The summed E-state index contributed by atoms with van der Waals surface area (Å²) < 4.78 is 7.79. The second kappa shape index (κ2) is 3.99. The van der Waals surface area contributed by atoms with E-state index in [0.717, 1.165) is 22.0 Å². The van der Waals surface area contributed by atoms with E-state index in [4.69, 9.17) is 4.74 Å². The van der Waals surface area contributed by atoms with Gasteiger partial charge in [-0.3, -0.25) is 9.20 Å². The van der Waals surface area contributed by atoms with E-state index in [1.54, 1.807) is 0 Å². The normalized spacial score (nSPS) is 11.2. The van der Waals surface area contributed by atoms with Crippen molar-refractivity contribution in [2.24, 2.45) is 0 Å². The van der Waals surface area contributed by atoms with Crippen LogP contribution in [0.3, 0.4) is 0 Å². The molecule has 18 heavy (non-hydrogen) atoms. The van der Waals surface area contributed by atoms with E-state index >= 15 is 0 Å². The molecule has 0 atom stereocenters. The Morgan fingerprint density at radius 2 is 2.28 bits per heavy atom. The molecule has 5 nitrogen and oxygen atoms in total. The quantitative estimate of drug-likeness (QED) is 0.767. The van der Waals surface area contributed by atoms with E-state index < -0.39 is 0 Å². The van der Waals surface area contributed by atoms with Crippen LogP contribution < -0.4 is 10.3 Å². The Morgan fingerprint density at radius 1 is 1.44 bits per heavy atom. The van der Waals surface area contributed by atoms with Gasteiger partial charge >= 0.3 is 0 Å². The molecule has 0 spiro atoms. The molecule has 0 saturated heterocycles.